The third kappa shape index (κ3) is 3.35. The van der Waals surface area contributed by atoms with Crippen LogP contribution in [0.3, 0.4) is 0 Å². The average molecular weight is 267 g/mol. The molecule has 1 heterocycles. The van der Waals surface area contributed by atoms with Gasteiger partial charge in [-0.05, 0) is 30.0 Å². The number of nitrogens with zero attached hydrogens (tertiary/aromatic N) is 2. The maximum absolute atomic E-state index is 5.57. The van der Waals surface area contributed by atoms with E-state index in [2.05, 4.69) is 28.5 Å². The quantitative estimate of drug-likeness (QED) is 0.625. The van der Waals surface area contributed by atoms with E-state index >= 15 is 0 Å². The van der Waals surface area contributed by atoms with Gasteiger partial charge in [-0.3, -0.25) is 0 Å². The van der Waals surface area contributed by atoms with Crippen molar-refractivity contribution in [1.82, 2.24) is 10.1 Å². The van der Waals surface area contributed by atoms with Crippen molar-refractivity contribution in [2.24, 2.45) is 0 Å². The van der Waals surface area contributed by atoms with E-state index in [0.717, 1.165) is 5.56 Å². The minimum absolute atomic E-state index is 0.239. The van der Waals surface area contributed by atoms with Gasteiger partial charge in [-0.25, -0.2) is 0 Å². The number of thioether (sulfide) groups is 1. The first-order valence-electron chi connectivity index (χ1n) is 5.02. The summed E-state index contributed by atoms with van der Waals surface area (Å²) in [5, 5.41) is 3.77. The highest BCUT2D eigenvalue weighted by Gasteiger charge is 2.00. The molecule has 17 heavy (non-hydrogen) atoms. The Morgan fingerprint density at radius 2 is 2.06 bits per heavy atom. The highest BCUT2D eigenvalue weighted by Crippen LogP contribution is 2.16. The largest absolute Gasteiger partial charge is 0.338 e. The molecule has 1 aromatic carbocycles. The SMILES string of the molecule is CSc1ccc(/C=C/c2noc(CCl)n2)cc1. The Hall–Kier alpha value is -1.26. The van der Waals surface area contributed by atoms with Gasteiger partial charge in [0.05, 0.1) is 0 Å². The molecule has 2 aromatic rings. The van der Waals surface area contributed by atoms with Crippen LogP contribution in [0, 0.1) is 0 Å². The standard InChI is InChI=1S/C12H11ClN2OS/c1-17-10-5-2-9(3-6-10)4-7-11-14-12(8-13)16-15-11/h2-7H,8H2,1H3/b7-4+. The molecule has 0 bridgehead atoms. The summed E-state index contributed by atoms with van der Waals surface area (Å²) in [6, 6.07) is 8.24. The Morgan fingerprint density at radius 1 is 1.29 bits per heavy atom. The third-order valence-corrected chi connectivity index (χ3v) is 3.11. The van der Waals surface area contributed by atoms with Crippen LogP contribution in [0.5, 0.6) is 0 Å². The molecule has 0 aliphatic heterocycles. The van der Waals surface area contributed by atoms with Gasteiger partial charge >= 0.3 is 0 Å². The van der Waals surface area contributed by atoms with Crippen LogP contribution < -0.4 is 0 Å². The zero-order valence-electron chi connectivity index (χ0n) is 9.26. The van der Waals surface area contributed by atoms with E-state index in [9.17, 15) is 0 Å². The van der Waals surface area contributed by atoms with Crippen molar-refractivity contribution < 1.29 is 4.52 Å². The number of alkyl halides is 1. The molecule has 88 valence electrons. The molecular weight excluding hydrogens is 256 g/mol. The Labute approximate surface area is 109 Å². The van der Waals surface area contributed by atoms with E-state index in [1.807, 2.05) is 18.2 Å². The monoisotopic (exact) mass is 266 g/mol. The van der Waals surface area contributed by atoms with Crippen molar-refractivity contribution >= 4 is 35.5 Å². The molecule has 0 saturated carbocycles. The molecule has 0 aliphatic carbocycles. The summed E-state index contributed by atoms with van der Waals surface area (Å²) in [4.78, 5) is 5.32. The first-order chi connectivity index (χ1) is 8.31. The Balaban J connectivity index is 2.08. The third-order valence-electron chi connectivity index (χ3n) is 2.14. The van der Waals surface area contributed by atoms with Crippen LogP contribution in [0.25, 0.3) is 12.2 Å². The van der Waals surface area contributed by atoms with Gasteiger partial charge in [0.2, 0.25) is 5.89 Å². The first-order valence-corrected chi connectivity index (χ1v) is 6.78. The maximum atomic E-state index is 5.57. The molecule has 3 nitrogen and oxygen atoms in total. The molecule has 0 spiro atoms. The van der Waals surface area contributed by atoms with Crippen molar-refractivity contribution in [1.29, 1.82) is 0 Å². The zero-order chi connectivity index (χ0) is 12.1. The molecule has 2 rings (SSSR count). The summed E-state index contributed by atoms with van der Waals surface area (Å²) >= 11 is 7.29. The number of hydrogen-bond acceptors (Lipinski definition) is 4. The molecule has 0 amide bonds. The molecule has 0 radical (unpaired) electrons. The van der Waals surface area contributed by atoms with Gasteiger partial charge in [0.25, 0.3) is 0 Å². The van der Waals surface area contributed by atoms with Crippen LogP contribution in [0.2, 0.25) is 0 Å². The van der Waals surface area contributed by atoms with Crippen molar-refractivity contribution in [2.75, 3.05) is 6.26 Å². The van der Waals surface area contributed by atoms with Crippen LogP contribution in [0.15, 0.2) is 33.7 Å². The maximum Gasteiger partial charge on any atom is 0.241 e. The summed E-state index contributed by atoms with van der Waals surface area (Å²) in [7, 11) is 0. The Kier molecular flexibility index (Phi) is 4.23. The highest BCUT2D eigenvalue weighted by atomic mass is 35.5. The van der Waals surface area contributed by atoms with Gasteiger partial charge in [-0.2, -0.15) is 4.98 Å². The molecular formula is C12H11ClN2OS. The van der Waals surface area contributed by atoms with E-state index in [-0.39, 0.29) is 5.88 Å². The predicted molar refractivity (Wildman–Crippen MR) is 71.0 cm³/mol. The summed E-state index contributed by atoms with van der Waals surface area (Å²) in [5.41, 5.74) is 1.10. The molecule has 0 atom stereocenters. The van der Waals surface area contributed by atoms with Gasteiger partial charge in [-0.15, -0.1) is 23.4 Å². The highest BCUT2D eigenvalue weighted by molar-refractivity contribution is 7.98. The first kappa shape index (κ1) is 12.2. The number of aromatic nitrogens is 2. The zero-order valence-corrected chi connectivity index (χ0v) is 10.8. The number of hydrogen-bond donors (Lipinski definition) is 0. The number of halogens is 1. The molecule has 0 unspecified atom stereocenters. The smallest absolute Gasteiger partial charge is 0.241 e. The van der Waals surface area contributed by atoms with Gasteiger partial charge in [0, 0.05) is 4.90 Å². The Morgan fingerprint density at radius 3 is 2.65 bits per heavy atom. The van der Waals surface area contributed by atoms with Gasteiger partial charge in [0.1, 0.15) is 5.88 Å². The number of benzene rings is 1. The Bertz CT molecular complexity index is 507. The van der Waals surface area contributed by atoms with E-state index in [0.29, 0.717) is 11.7 Å². The van der Waals surface area contributed by atoms with Gasteiger partial charge in [0.15, 0.2) is 5.82 Å². The lowest BCUT2D eigenvalue weighted by Gasteiger charge is -1.95. The van der Waals surface area contributed by atoms with Crippen molar-refractivity contribution in [3.8, 4) is 0 Å². The lowest BCUT2D eigenvalue weighted by molar-refractivity contribution is 0.388. The lowest BCUT2D eigenvalue weighted by atomic mass is 10.2. The van der Waals surface area contributed by atoms with Crippen molar-refractivity contribution in [3.63, 3.8) is 0 Å². The van der Waals surface area contributed by atoms with Crippen molar-refractivity contribution in [3.05, 3.63) is 41.5 Å². The fourth-order valence-electron chi connectivity index (χ4n) is 1.28. The van der Waals surface area contributed by atoms with Crippen LogP contribution in [0.4, 0.5) is 0 Å². The van der Waals surface area contributed by atoms with Crippen LogP contribution in [0.1, 0.15) is 17.3 Å². The van der Waals surface area contributed by atoms with E-state index in [1.54, 1.807) is 17.8 Å². The van der Waals surface area contributed by atoms with Crippen LogP contribution in [-0.4, -0.2) is 16.4 Å². The van der Waals surface area contributed by atoms with E-state index in [1.165, 1.54) is 4.90 Å². The van der Waals surface area contributed by atoms with E-state index in [4.69, 9.17) is 16.1 Å². The molecule has 0 aliphatic rings. The minimum Gasteiger partial charge on any atom is -0.338 e. The van der Waals surface area contributed by atoms with Crippen LogP contribution in [-0.2, 0) is 5.88 Å². The van der Waals surface area contributed by atoms with Crippen LogP contribution >= 0.6 is 23.4 Å². The fourth-order valence-corrected chi connectivity index (χ4v) is 1.79. The summed E-state index contributed by atoms with van der Waals surface area (Å²) < 4.78 is 4.89. The van der Waals surface area contributed by atoms with Gasteiger partial charge in [-0.1, -0.05) is 23.4 Å². The van der Waals surface area contributed by atoms with E-state index < -0.39 is 0 Å². The van der Waals surface area contributed by atoms with Crippen molar-refractivity contribution in [2.45, 2.75) is 10.8 Å². The molecule has 1 aromatic heterocycles. The van der Waals surface area contributed by atoms with Gasteiger partial charge < -0.3 is 4.52 Å². The summed E-state index contributed by atoms with van der Waals surface area (Å²) in [6.45, 7) is 0. The predicted octanol–water partition coefficient (Wildman–Crippen LogP) is 3.70. The average Bonchev–Trinajstić information content (AvgIpc) is 2.85. The summed E-state index contributed by atoms with van der Waals surface area (Å²) in [6.07, 6.45) is 5.79. The normalized spacial score (nSPS) is 11.2. The second kappa shape index (κ2) is 5.89. The topological polar surface area (TPSA) is 38.9 Å². The fraction of sp³-hybridized carbons (Fsp3) is 0.167. The lowest BCUT2D eigenvalue weighted by Crippen LogP contribution is -1.78. The molecule has 0 fully saturated rings. The molecule has 5 heteroatoms. The second-order valence-electron chi connectivity index (χ2n) is 3.29. The summed E-state index contributed by atoms with van der Waals surface area (Å²) in [5.74, 6) is 1.21. The number of rotatable bonds is 4. The molecule has 0 N–H and O–H groups in total. The second-order valence-corrected chi connectivity index (χ2v) is 4.43. The molecule has 0 saturated heterocycles. The minimum atomic E-state index is 0.239.